The lowest BCUT2D eigenvalue weighted by Gasteiger charge is -2.30. The standard InChI is InChI=1S/C13H17N3O6S2/c14-10(18)6-15-13(20)7-4-8(12(19)9(17)5-7)16-24(21,22)11-2-1-3-23-11/h1-4,8-9,12,16-17,19H,5-6H2,(H2,14,18)(H,15,20). The Bertz CT molecular complexity index is 744. The molecule has 0 spiro atoms. The van der Waals surface area contributed by atoms with Crippen molar-refractivity contribution in [2.75, 3.05) is 6.54 Å². The third kappa shape index (κ3) is 4.39. The first kappa shape index (κ1) is 18.5. The fourth-order valence-electron chi connectivity index (χ4n) is 2.18. The molecule has 0 bridgehead atoms. The van der Waals surface area contributed by atoms with Crippen LogP contribution >= 0.6 is 11.3 Å². The normalized spacial score (nSPS) is 24.2. The molecule has 0 aromatic carbocycles. The van der Waals surface area contributed by atoms with E-state index in [1.165, 1.54) is 12.1 Å². The molecule has 0 saturated carbocycles. The summed E-state index contributed by atoms with van der Waals surface area (Å²) < 4.78 is 26.7. The van der Waals surface area contributed by atoms with Crippen LogP contribution in [0.3, 0.4) is 0 Å². The highest BCUT2D eigenvalue weighted by molar-refractivity contribution is 7.91. The van der Waals surface area contributed by atoms with Gasteiger partial charge in [0.25, 0.3) is 10.0 Å². The smallest absolute Gasteiger partial charge is 0.250 e. The summed E-state index contributed by atoms with van der Waals surface area (Å²) in [5.74, 6) is -1.41. The molecule has 0 fully saturated rings. The summed E-state index contributed by atoms with van der Waals surface area (Å²) in [4.78, 5) is 22.6. The highest BCUT2D eigenvalue weighted by atomic mass is 32.2. The number of hydrogen-bond donors (Lipinski definition) is 5. The molecule has 0 radical (unpaired) electrons. The van der Waals surface area contributed by atoms with Crippen molar-refractivity contribution in [2.24, 2.45) is 5.73 Å². The molecule has 24 heavy (non-hydrogen) atoms. The van der Waals surface area contributed by atoms with Gasteiger partial charge in [-0.2, -0.15) is 0 Å². The van der Waals surface area contributed by atoms with Crippen LogP contribution in [0.15, 0.2) is 33.4 Å². The molecular weight excluding hydrogens is 358 g/mol. The second kappa shape index (κ2) is 7.40. The van der Waals surface area contributed by atoms with Gasteiger partial charge in [0, 0.05) is 12.0 Å². The van der Waals surface area contributed by atoms with Gasteiger partial charge in [0.05, 0.1) is 18.7 Å². The number of hydrogen-bond acceptors (Lipinski definition) is 7. The Kier molecular flexibility index (Phi) is 5.72. The summed E-state index contributed by atoms with van der Waals surface area (Å²) in [5, 5.41) is 23.7. The Labute approximate surface area is 142 Å². The van der Waals surface area contributed by atoms with Crippen molar-refractivity contribution in [3.63, 3.8) is 0 Å². The van der Waals surface area contributed by atoms with E-state index in [1.807, 2.05) is 0 Å². The zero-order valence-electron chi connectivity index (χ0n) is 12.4. The van der Waals surface area contributed by atoms with Gasteiger partial charge in [0.2, 0.25) is 11.8 Å². The topological polar surface area (TPSA) is 159 Å². The highest BCUT2D eigenvalue weighted by Gasteiger charge is 2.35. The predicted molar refractivity (Wildman–Crippen MR) is 85.3 cm³/mol. The van der Waals surface area contributed by atoms with Crippen molar-refractivity contribution in [3.05, 3.63) is 29.2 Å². The molecule has 11 heteroatoms. The van der Waals surface area contributed by atoms with Crippen molar-refractivity contribution in [1.29, 1.82) is 0 Å². The average Bonchev–Trinajstić information content (AvgIpc) is 3.04. The van der Waals surface area contributed by atoms with E-state index >= 15 is 0 Å². The molecule has 3 unspecified atom stereocenters. The number of nitrogens with one attached hydrogen (secondary N) is 2. The first-order chi connectivity index (χ1) is 11.2. The van der Waals surface area contributed by atoms with Crippen LogP contribution in [0.4, 0.5) is 0 Å². The predicted octanol–water partition coefficient (Wildman–Crippen LogP) is -1.95. The van der Waals surface area contributed by atoms with Gasteiger partial charge >= 0.3 is 0 Å². The third-order valence-electron chi connectivity index (χ3n) is 3.34. The monoisotopic (exact) mass is 375 g/mol. The van der Waals surface area contributed by atoms with Gasteiger partial charge in [-0.3, -0.25) is 9.59 Å². The van der Waals surface area contributed by atoms with Gasteiger partial charge in [-0.25, -0.2) is 13.1 Å². The molecule has 3 atom stereocenters. The van der Waals surface area contributed by atoms with Crippen molar-refractivity contribution in [1.82, 2.24) is 10.0 Å². The van der Waals surface area contributed by atoms with Crippen LogP contribution in [0.1, 0.15) is 6.42 Å². The fraction of sp³-hybridized carbons (Fsp3) is 0.385. The summed E-state index contributed by atoms with van der Waals surface area (Å²) in [7, 11) is -3.90. The molecule has 2 rings (SSSR count). The van der Waals surface area contributed by atoms with Crippen molar-refractivity contribution in [3.8, 4) is 0 Å². The number of sulfonamides is 1. The molecule has 9 nitrogen and oxygen atoms in total. The minimum Gasteiger partial charge on any atom is -0.390 e. The molecule has 0 aliphatic heterocycles. The molecule has 2 amide bonds. The van der Waals surface area contributed by atoms with Gasteiger partial charge in [-0.05, 0) is 11.4 Å². The molecule has 6 N–H and O–H groups in total. The number of primary amides is 1. The van der Waals surface area contributed by atoms with E-state index in [4.69, 9.17) is 5.73 Å². The second-order valence-electron chi connectivity index (χ2n) is 5.18. The Hall–Kier alpha value is -1.79. The highest BCUT2D eigenvalue weighted by Crippen LogP contribution is 2.23. The Morgan fingerprint density at radius 2 is 2.08 bits per heavy atom. The number of carbonyl (C=O) groups is 2. The van der Waals surface area contributed by atoms with Gasteiger partial charge in [-0.1, -0.05) is 12.1 Å². The van der Waals surface area contributed by atoms with E-state index in [0.717, 1.165) is 11.3 Å². The number of carbonyl (C=O) groups excluding carboxylic acids is 2. The van der Waals surface area contributed by atoms with Crippen LogP contribution < -0.4 is 15.8 Å². The lowest BCUT2D eigenvalue weighted by Crippen LogP contribution is -2.51. The summed E-state index contributed by atoms with van der Waals surface area (Å²) >= 11 is 0.993. The van der Waals surface area contributed by atoms with Gasteiger partial charge in [0.15, 0.2) is 0 Å². The fourth-order valence-corrected chi connectivity index (χ4v) is 4.38. The molecule has 132 valence electrons. The van der Waals surface area contributed by atoms with Crippen molar-refractivity contribution >= 4 is 33.2 Å². The van der Waals surface area contributed by atoms with Gasteiger partial charge in [-0.15, -0.1) is 11.3 Å². The minimum atomic E-state index is -3.90. The molecule has 1 aliphatic rings. The van der Waals surface area contributed by atoms with E-state index in [1.54, 1.807) is 11.4 Å². The summed E-state index contributed by atoms with van der Waals surface area (Å²) in [6, 6.07) is 1.77. The third-order valence-corrected chi connectivity index (χ3v) is 6.19. The van der Waals surface area contributed by atoms with Gasteiger partial charge < -0.3 is 21.3 Å². The zero-order chi connectivity index (χ0) is 17.9. The Morgan fingerprint density at radius 3 is 2.67 bits per heavy atom. The van der Waals surface area contributed by atoms with E-state index in [-0.39, 0.29) is 22.7 Å². The maximum absolute atomic E-state index is 12.2. The molecule has 0 saturated heterocycles. The lowest BCUT2D eigenvalue weighted by molar-refractivity contribution is -0.123. The number of rotatable bonds is 6. The molecule has 1 heterocycles. The molecular formula is C13H17N3O6S2. The number of amides is 2. The molecule has 1 aromatic heterocycles. The molecule has 1 aromatic rings. The number of aliphatic hydroxyl groups is 2. The van der Waals surface area contributed by atoms with Gasteiger partial charge in [0.1, 0.15) is 10.3 Å². The average molecular weight is 375 g/mol. The van der Waals surface area contributed by atoms with Crippen molar-refractivity contribution in [2.45, 2.75) is 28.9 Å². The first-order valence-corrected chi connectivity index (χ1v) is 9.26. The van der Waals surface area contributed by atoms with Crippen LogP contribution in [0, 0.1) is 0 Å². The molecule has 1 aliphatic carbocycles. The quantitative estimate of drug-likeness (QED) is 0.388. The van der Waals surface area contributed by atoms with Crippen LogP contribution in [0.25, 0.3) is 0 Å². The second-order valence-corrected chi connectivity index (χ2v) is 8.07. The zero-order valence-corrected chi connectivity index (χ0v) is 14.0. The number of aliphatic hydroxyl groups excluding tert-OH is 2. The maximum atomic E-state index is 12.2. The van der Waals surface area contributed by atoms with Crippen LogP contribution in [0.5, 0.6) is 0 Å². The van der Waals surface area contributed by atoms with E-state index < -0.39 is 40.1 Å². The lowest BCUT2D eigenvalue weighted by atomic mass is 9.90. The van der Waals surface area contributed by atoms with Crippen molar-refractivity contribution < 1.29 is 28.2 Å². The maximum Gasteiger partial charge on any atom is 0.250 e. The summed E-state index contributed by atoms with van der Waals surface area (Å²) in [6.45, 7) is -0.388. The number of thiophene rings is 1. The SMILES string of the molecule is NC(=O)CNC(=O)C1=CC(NS(=O)(=O)c2cccs2)C(O)C(O)C1. The van der Waals surface area contributed by atoms with Crippen LogP contribution in [-0.4, -0.2) is 55.2 Å². The largest absolute Gasteiger partial charge is 0.390 e. The Balaban J connectivity index is 2.19. The van der Waals surface area contributed by atoms with Crippen LogP contribution in [0.2, 0.25) is 0 Å². The number of nitrogens with two attached hydrogens (primary N) is 1. The minimum absolute atomic E-state index is 0.0443. The Morgan fingerprint density at radius 1 is 1.38 bits per heavy atom. The van der Waals surface area contributed by atoms with E-state index in [0.29, 0.717) is 0 Å². The van der Waals surface area contributed by atoms with E-state index in [9.17, 15) is 28.2 Å². The van der Waals surface area contributed by atoms with Crippen LogP contribution in [-0.2, 0) is 19.6 Å². The summed E-state index contributed by atoms with van der Waals surface area (Å²) in [6.07, 6.45) is -1.70. The van der Waals surface area contributed by atoms with E-state index in [2.05, 4.69) is 10.0 Å². The summed E-state index contributed by atoms with van der Waals surface area (Å²) in [5.41, 5.74) is 4.98. The first-order valence-electron chi connectivity index (χ1n) is 6.90.